The van der Waals surface area contributed by atoms with Gasteiger partial charge < -0.3 is 9.47 Å². The third kappa shape index (κ3) is 5.23. The zero-order valence-corrected chi connectivity index (χ0v) is 16.7. The van der Waals surface area contributed by atoms with Crippen LogP contribution in [0.2, 0.25) is 0 Å². The highest BCUT2D eigenvalue weighted by molar-refractivity contribution is 5.82. The summed E-state index contributed by atoms with van der Waals surface area (Å²) in [5.41, 5.74) is 1.93. The Bertz CT molecular complexity index is 630. The van der Waals surface area contributed by atoms with Crippen LogP contribution in [0.4, 0.5) is 4.79 Å². The molecule has 0 saturated carbocycles. The number of benzene rings is 1. The molecule has 2 rings (SSSR count). The second-order valence-electron chi connectivity index (χ2n) is 8.37. The van der Waals surface area contributed by atoms with Gasteiger partial charge in [-0.2, -0.15) is 0 Å². The number of esters is 1. The van der Waals surface area contributed by atoms with Gasteiger partial charge in [0, 0.05) is 6.54 Å². The molecule has 1 saturated heterocycles. The maximum Gasteiger partial charge on any atom is 0.411 e. The molecule has 0 aromatic heterocycles. The first kappa shape index (κ1) is 20.3. The number of nitrogens with zero attached hydrogens (tertiary/aromatic N) is 1. The first-order valence-corrected chi connectivity index (χ1v) is 9.27. The molecule has 0 aliphatic carbocycles. The average Bonchev–Trinajstić information content (AvgIpc) is 2.97. The number of carbonyl (C=O) groups is 2. The van der Waals surface area contributed by atoms with Crippen LogP contribution in [0.25, 0.3) is 0 Å². The second-order valence-corrected chi connectivity index (χ2v) is 8.37. The van der Waals surface area contributed by atoms with Crippen LogP contribution in [0.3, 0.4) is 0 Å². The molecule has 0 unspecified atom stereocenters. The number of rotatable bonds is 4. The van der Waals surface area contributed by atoms with Gasteiger partial charge in [0.1, 0.15) is 11.6 Å². The van der Waals surface area contributed by atoms with Gasteiger partial charge >= 0.3 is 12.1 Å². The summed E-state index contributed by atoms with van der Waals surface area (Å²) < 4.78 is 10.4. The van der Waals surface area contributed by atoms with Crippen LogP contribution >= 0.6 is 0 Å². The highest BCUT2D eigenvalue weighted by atomic mass is 16.6. The molecular formula is C21H31NO4. The van der Waals surface area contributed by atoms with E-state index in [2.05, 4.69) is 38.1 Å². The number of hydrogen-bond acceptors (Lipinski definition) is 4. The molecule has 0 N–H and O–H groups in total. The first-order valence-electron chi connectivity index (χ1n) is 9.27. The number of methoxy groups -OCH3 is 1. The topological polar surface area (TPSA) is 55.8 Å². The van der Waals surface area contributed by atoms with E-state index in [1.807, 2.05) is 20.8 Å². The summed E-state index contributed by atoms with van der Waals surface area (Å²) in [5.74, 6) is 0.326. The molecular weight excluding hydrogens is 330 g/mol. The second kappa shape index (κ2) is 8.11. The number of likely N-dealkylation sites (tertiary alicyclic amines) is 1. The van der Waals surface area contributed by atoms with Gasteiger partial charge in [0.2, 0.25) is 0 Å². The lowest BCUT2D eigenvalue weighted by molar-refractivity contribution is -0.145. The van der Waals surface area contributed by atoms with Gasteiger partial charge in [-0.05, 0) is 56.6 Å². The molecule has 1 aliphatic heterocycles. The Balaban J connectivity index is 2.09. The molecule has 1 amide bonds. The van der Waals surface area contributed by atoms with Gasteiger partial charge in [0.25, 0.3) is 0 Å². The minimum atomic E-state index is -0.595. The monoisotopic (exact) mass is 361 g/mol. The Morgan fingerprint density at radius 2 is 1.81 bits per heavy atom. The van der Waals surface area contributed by atoms with Crippen LogP contribution in [0.1, 0.15) is 58.1 Å². The predicted molar refractivity (Wildman–Crippen MR) is 101 cm³/mol. The molecule has 0 radical (unpaired) electrons. The van der Waals surface area contributed by atoms with E-state index in [1.54, 1.807) is 0 Å². The molecule has 1 aliphatic rings. The lowest BCUT2D eigenvalue weighted by atomic mass is 9.94. The van der Waals surface area contributed by atoms with E-state index < -0.39 is 17.7 Å². The Morgan fingerprint density at radius 3 is 2.31 bits per heavy atom. The van der Waals surface area contributed by atoms with Crippen LogP contribution in [0.15, 0.2) is 24.3 Å². The lowest BCUT2D eigenvalue weighted by Gasteiger charge is -2.27. The SMILES string of the molecule is COC(=O)[C@@H]1C[C@H](Cc2ccc(C(C)C)cc2)CN1C(=O)OC(C)(C)C. The maximum absolute atomic E-state index is 12.5. The van der Waals surface area contributed by atoms with Gasteiger partial charge in [-0.1, -0.05) is 38.1 Å². The summed E-state index contributed by atoms with van der Waals surface area (Å²) in [4.78, 5) is 26.2. The van der Waals surface area contributed by atoms with Crippen molar-refractivity contribution in [2.75, 3.05) is 13.7 Å². The van der Waals surface area contributed by atoms with Gasteiger partial charge in [-0.15, -0.1) is 0 Å². The Kier molecular flexibility index (Phi) is 6.32. The molecule has 1 fully saturated rings. The van der Waals surface area contributed by atoms with Crippen LogP contribution in [0, 0.1) is 5.92 Å². The molecule has 1 aromatic carbocycles. The molecule has 5 heteroatoms. The predicted octanol–water partition coefficient (Wildman–Crippen LogP) is 4.15. The Hall–Kier alpha value is -2.04. The van der Waals surface area contributed by atoms with Gasteiger partial charge in [0.05, 0.1) is 7.11 Å². The fourth-order valence-corrected chi connectivity index (χ4v) is 3.32. The van der Waals surface area contributed by atoms with E-state index in [0.29, 0.717) is 18.9 Å². The summed E-state index contributed by atoms with van der Waals surface area (Å²) in [6.45, 7) is 10.3. The molecule has 1 heterocycles. The van der Waals surface area contributed by atoms with E-state index in [0.717, 1.165) is 6.42 Å². The molecule has 26 heavy (non-hydrogen) atoms. The smallest absolute Gasteiger partial charge is 0.411 e. The minimum absolute atomic E-state index is 0.205. The van der Waals surface area contributed by atoms with Crippen LogP contribution in [-0.4, -0.2) is 42.3 Å². The van der Waals surface area contributed by atoms with Crippen molar-refractivity contribution in [3.8, 4) is 0 Å². The van der Waals surface area contributed by atoms with Gasteiger partial charge in [-0.3, -0.25) is 4.90 Å². The summed E-state index contributed by atoms with van der Waals surface area (Å²) in [6, 6.07) is 8.00. The summed E-state index contributed by atoms with van der Waals surface area (Å²) in [5, 5.41) is 0. The summed E-state index contributed by atoms with van der Waals surface area (Å²) >= 11 is 0. The van der Waals surface area contributed by atoms with Crippen LogP contribution < -0.4 is 0 Å². The van der Waals surface area contributed by atoms with Crippen molar-refractivity contribution in [2.24, 2.45) is 5.92 Å². The zero-order chi connectivity index (χ0) is 19.5. The van der Waals surface area contributed by atoms with Crippen molar-refractivity contribution in [1.82, 2.24) is 4.90 Å². The molecule has 144 valence electrons. The van der Waals surface area contributed by atoms with Crippen molar-refractivity contribution in [3.63, 3.8) is 0 Å². The van der Waals surface area contributed by atoms with Gasteiger partial charge in [0.15, 0.2) is 0 Å². The molecule has 0 bridgehead atoms. The maximum atomic E-state index is 12.5. The number of carbonyl (C=O) groups excluding carboxylic acids is 2. The van der Waals surface area contributed by atoms with Crippen LogP contribution in [-0.2, 0) is 20.7 Å². The molecule has 5 nitrogen and oxygen atoms in total. The van der Waals surface area contributed by atoms with Crippen molar-refractivity contribution in [3.05, 3.63) is 35.4 Å². The zero-order valence-electron chi connectivity index (χ0n) is 16.7. The Morgan fingerprint density at radius 1 is 1.19 bits per heavy atom. The third-order valence-corrected chi connectivity index (χ3v) is 4.66. The normalized spacial score (nSPS) is 20.3. The molecule has 1 aromatic rings. The van der Waals surface area contributed by atoms with Crippen molar-refractivity contribution in [1.29, 1.82) is 0 Å². The number of hydrogen-bond donors (Lipinski definition) is 0. The van der Waals surface area contributed by atoms with Crippen molar-refractivity contribution < 1.29 is 19.1 Å². The lowest BCUT2D eigenvalue weighted by Crippen LogP contribution is -2.43. The standard InChI is InChI=1S/C21H31NO4/c1-14(2)17-9-7-15(8-10-17)11-16-12-18(19(23)25-6)22(13-16)20(24)26-21(3,4)5/h7-10,14,16,18H,11-13H2,1-6H3/t16-,18-/m0/s1. The highest BCUT2D eigenvalue weighted by Gasteiger charge is 2.42. The fraction of sp³-hybridized carbons (Fsp3) is 0.619. The van der Waals surface area contributed by atoms with E-state index in [4.69, 9.17) is 9.47 Å². The van der Waals surface area contributed by atoms with Gasteiger partial charge in [-0.25, -0.2) is 9.59 Å². The van der Waals surface area contributed by atoms with E-state index in [-0.39, 0.29) is 11.9 Å². The average molecular weight is 361 g/mol. The quantitative estimate of drug-likeness (QED) is 0.756. The van der Waals surface area contributed by atoms with E-state index >= 15 is 0 Å². The van der Waals surface area contributed by atoms with Crippen molar-refractivity contribution >= 4 is 12.1 Å². The largest absolute Gasteiger partial charge is 0.467 e. The van der Waals surface area contributed by atoms with E-state index in [9.17, 15) is 9.59 Å². The number of ether oxygens (including phenoxy) is 2. The number of amides is 1. The minimum Gasteiger partial charge on any atom is -0.467 e. The summed E-state index contributed by atoms with van der Waals surface area (Å²) in [7, 11) is 1.35. The molecule has 0 spiro atoms. The highest BCUT2D eigenvalue weighted by Crippen LogP contribution is 2.29. The third-order valence-electron chi connectivity index (χ3n) is 4.66. The first-order chi connectivity index (χ1) is 12.1. The van der Waals surface area contributed by atoms with Crippen LogP contribution in [0.5, 0.6) is 0 Å². The fourth-order valence-electron chi connectivity index (χ4n) is 3.32. The molecule has 2 atom stereocenters. The summed E-state index contributed by atoms with van der Waals surface area (Å²) in [6.07, 6.45) is 0.966. The Labute approximate surface area is 156 Å². The van der Waals surface area contributed by atoms with Crippen molar-refractivity contribution in [2.45, 2.75) is 65.0 Å². The van der Waals surface area contributed by atoms with E-state index in [1.165, 1.54) is 23.1 Å².